The normalized spacial score (nSPS) is 10.4. The molecule has 0 radical (unpaired) electrons. The van der Waals surface area contributed by atoms with Gasteiger partial charge in [0.2, 0.25) is 0 Å². The molecule has 0 unspecified atom stereocenters. The average molecular weight is 184 g/mol. The number of aldehydes is 1. The van der Waals surface area contributed by atoms with E-state index in [9.17, 15) is 4.79 Å². The molecule has 0 bridgehead atoms. The molecule has 1 aromatic heterocycles. The van der Waals surface area contributed by atoms with Gasteiger partial charge in [0.25, 0.3) is 0 Å². The van der Waals surface area contributed by atoms with Crippen LogP contribution in [0.1, 0.15) is 5.56 Å². The number of nitrogens with two attached hydrogens (primary N) is 1. The van der Waals surface area contributed by atoms with Crippen LogP contribution in [0.2, 0.25) is 5.15 Å². The van der Waals surface area contributed by atoms with Crippen LogP contribution in [0.15, 0.2) is 12.1 Å². The Hall–Kier alpha value is -1.42. The number of nitrogen functional groups attached to an aromatic ring is 1. The molecular weight excluding hydrogens is 178 g/mol. The molecule has 5 heteroatoms. The number of allylic oxidation sites excluding steroid dienone is 1. The van der Waals surface area contributed by atoms with Crippen LogP contribution in [-0.2, 0) is 4.79 Å². The Morgan fingerprint density at radius 3 is 2.92 bits per heavy atom. The summed E-state index contributed by atoms with van der Waals surface area (Å²) in [6, 6.07) is 1.53. The number of rotatable bonds is 2. The largest absolute Gasteiger partial charge is 0.382 e. The molecular formula is C7H6ClN3O. The van der Waals surface area contributed by atoms with E-state index in [4.69, 9.17) is 17.3 Å². The van der Waals surface area contributed by atoms with Crippen LogP contribution in [-0.4, -0.2) is 16.5 Å². The lowest BCUT2D eigenvalue weighted by Crippen LogP contribution is -1.96. The molecule has 1 heterocycles. The van der Waals surface area contributed by atoms with Crippen LogP contribution < -0.4 is 5.73 Å². The Labute approximate surface area is 74.0 Å². The van der Waals surface area contributed by atoms with Crippen molar-refractivity contribution in [1.29, 1.82) is 0 Å². The molecule has 4 nitrogen and oxygen atoms in total. The minimum atomic E-state index is 0.245. The molecule has 0 atom stereocenters. The number of halogens is 1. The minimum absolute atomic E-state index is 0.245. The van der Waals surface area contributed by atoms with Gasteiger partial charge in [0.1, 0.15) is 6.29 Å². The molecule has 12 heavy (non-hydrogen) atoms. The summed E-state index contributed by atoms with van der Waals surface area (Å²) in [5.74, 6) is 0.248. The van der Waals surface area contributed by atoms with Gasteiger partial charge in [-0.05, 0) is 18.2 Å². The van der Waals surface area contributed by atoms with Crippen LogP contribution in [0.3, 0.4) is 0 Å². The molecule has 0 aliphatic heterocycles. The monoisotopic (exact) mass is 183 g/mol. The van der Waals surface area contributed by atoms with Crippen molar-refractivity contribution in [3.8, 4) is 0 Å². The van der Waals surface area contributed by atoms with Gasteiger partial charge < -0.3 is 5.73 Å². The molecule has 0 spiro atoms. The second-order valence-electron chi connectivity index (χ2n) is 2.00. The van der Waals surface area contributed by atoms with Crippen molar-refractivity contribution < 1.29 is 4.79 Å². The fraction of sp³-hybridized carbons (Fsp3) is 0. The number of carbonyl (C=O) groups excluding carboxylic acids is 1. The lowest BCUT2D eigenvalue weighted by Gasteiger charge is -1.96. The third-order valence-electron chi connectivity index (χ3n) is 1.18. The number of hydrogen-bond acceptors (Lipinski definition) is 4. The second kappa shape index (κ2) is 3.82. The highest BCUT2D eigenvalue weighted by Gasteiger charge is 1.97. The van der Waals surface area contributed by atoms with Gasteiger partial charge in [-0.15, -0.1) is 10.2 Å². The van der Waals surface area contributed by atoms with Crippen molar-refractivity contribution in [2.75, 3.05) is 5.73 Å². The Kier molecular flexibility index (Phi) is 2.76. The van der Waals surface area contributed by atoms with Crippen molar-refractivity contribution in [2.45, 2.75) is 0 Å². The smallest absolute Gasteiger partial charge is 0.153 e. The third kappa shape index (κ3) is 2.03. The maximum absolute atomic E-state index is 9.98. The first-order valence-corrected chi connectivity index (χ1v) is 3.52. The summed E-state index contributed by atoms with van der Waals surface area (Å²) < 4.78 is 0. The average Bonchev–Trinajstić information content (AvgIpc) is 2.07. The number of carbonyl (C=O) groups is 1. The second-order valence-corrected chi connectivity index (χ2v) is 2.39. The van der Waals surface area contributed by atoms with E-state index in [1.54, 1.807) is 0 Å². The van der Waals surface area contributed by atoms with Gasteiger partial charge in [0, 0.05) is 5.56 Å². The van der Waals surface area contributed by atoms with Crippen LogP contribution in [0, 0.1) is 0 Å². The SMILES string of the molecule is Nc1nnc(Cl)cc1C=CC=O. The van der Waals surface area contributed by atoms with E-state index in [2.05, 4.69) is 10.2 Å². The molecule has 1 rings (SSSR count). The van der Waals surface area contributed by atoms with Crippen molar-refractivity contribution in [2.24, 2.45) is 0 Å². The summed E-state index contributed by atoms with van der Waals surface area (Å²) in [6.45, 7) is 0. The highest BCUT2D eigenvalue weighted by Crippen LogP contribution is 2.13. The Bertz CT molecular complexity index is 324. The van der Waals surface area contributed by atoms with Gasteiger partial charge in [-0.3, -0.25) is 4.79 Å². The third-order valence-corrected chi connectivity index (χ3v) is 1.36. The zero-order chi connectivity index (χ0) is 8.97. The van der Waals surface area contributed by atoms with Crippen molar-refractivity contribution >= 4 is 29.8 Å². The summed E-state index contributed by atoms with van der Waals surface area (Å²) >= 11 is 5.54. The van der Waals surface area contributed by atoms with E-state index < -0.39 is 0 Å². The van der Waals surface area contributed by atoms with E-state index in [0.717, 1.165) is 0 Å². The first kappa shape index (κ1) is 8.67. The lowest BCUT2D eigenvalue weighted by atomic mass is 10.2. The predicted molar refractivity (Wildman–Crippen MR) is 46.6 cm³/mol. The number of anilines is 1. The highest BCUT2D eigenvalue weighted by molar-refractivity contribution is 6.29. The van der Waals surface area contributed by atoms with Gasteiger partial charge in [-0.2, -0.15) is 0 Å². The van der Waals surface area contributed by atoms with Gasteiger partial charge in [-0.25, -0.2) is 0 Å². The number of nitrogens with zero attached hydrogens (tertiary/aromatic N) is 2. The molecule has 1 aromatic rings. The molecule has 0 amide bonds. The lowest BCUT2D eigenvalue weighted by molar-refractivity contribution is -0.104. The molecule has 0 aliphatic carbocycles. The standard InChI is InChI=1S/C7H6ClN3O/c8-6-4-5(2-1-3-12)7(9)11-10-6/h1-4H,(H2,9,11). The zero-order valence-electron chi connectivity index (χ0n) is 6.07. The highest BCUT2D eigenvalue weighted by atomic mass is 35.5. The molecule has 2 N–H and O–H groups in total. The van der Waals surface area contributed by atoms with Crippen LogP contribution >= 0.6 is 11.6 Å². The maximum Gasteiger partial charge on any atom is 0.153 e. The number of hydrogen-bond donors (Lipinski definition) is 1. The van der Waals surface area contributed by atoms with Crippen LogP contribution in [0.5, 0.6) is 0 Å². The van der Waals surface area contributed by atoms with E-state index in [-0.39, 0.29) is 11.0 Å². The fourth-order valence-electron chi connectivity index (χ4n) is 0.667. The van der Waals surface area contributed by atoms with E-state index in [1.165, 1.54) is 18.2 Å². The molecule has 0 saturated heterocycles. The minimum Gasteiger partial charge on any atom is -0.382 e. The van der Waals surface area contributed by atoms with Gasteiger partial charge in [-0.1, -0.05) is 11.6 Å². The Balaban J connectivity index is 3.04. The maximum atomic E-state index is 9.98. The summed E-state index contributed by atoms with van der Waals surface area (Å²) in [7, 11) is 0. The van der Waals surface area contributed by atoms with E-state index >= 15 is 0 Å². The Morgan fingerprint density at radius 2 is 2.25 bits per heavy atom. The molecule has 0 aliphatic rings. The predicted octanol–water partition coefficient (Wildman–Crippen LogP) is 0.924. The van der Waals surface area contributed by atoms with Gasteiger partial charge >= 0.3 is 0 Å². The van der Waals surface area contributed by atoms with Gasteiger partial charge in [0.05, 0.1) is 0 Å². The molecule has 0 fully saturated rings. The molecule has 0 aromatic carbocycles. The Morgan fingerprint density at radius 1 is 1.50 bits per heavy atom. The van der Waals surface area contributed by atoms with Crippen molar-refractivity contribution in [3.63, 3.8) is 0 Å². The van der Waals surface area contributed by atoms with E-state index in [0.29, 0.717) is 11.8 Å². The van der Waals surface area contributed by atoms with Crippen LogP contribution in [0.4, 0.5) is 5.82 Å². The van der Waals surface area contributed by atoms with E-state index in [1.807, 2.05) is 0 Å². The summed E-state index contributed by atoms with van der Waals surface area (Å²) in [5.41, 5.74) is 6.02. The molecule has 62 valence electrons. The molecule has 0 saturated carbocycles. The summed E-state index contributed by atoms with van der Waals surface area (Å²) in [4.78, 5) is 9.98. The van der Waals surface area contributed by atoms with Crippen molar-refractivity contribution in [3.05, 3.63) is 22.9 Å². The first-order valence-electron chi connectivity index (χ1n) is 3.14. The quantitative estimate of drug-likeness (QED) is 0.547. The van der Waals surface area contributed by atoms with Gasteiger partial charge in [0.15, 0.2) is 11.0 Å². The summed E-state index contributed by atoms with van der Waals surface area (Å²) in [5, 5.41) is 7.32. The first-order chi connectivity index (χ1) is 5.74. The van der Waals surface area contributed by atoms with Crippen LogP contribution in [0.25, 0.3) is 6.08 Å². The summed E-state index contributed by atoms with van der Waals surface area (Å²) in [6.07, 6.45) is 3.47. The van der Waals surface area contributed by atoms with Crippen molar-refractivity contribution in [1.82, 2.24) is 10.2 Å². The fourth-order valence-corrected chi connectivity index (χ4v) is 0.822. The zero-order valence-corrected chi connectivity index (χ0v) is 6.82. The topological polar surface area (TPSA) is 68.9 Å². The number of aromatic nitrogens is 2.